The number of thiophene rings is 2. The van der Waals surface area contributed by atoms with E-state index >= 15 is 0 Å². The van der Waals surface area contributed by atoms with E-state index in [2.05, 4.69) is 52.7 Å². The third-order valence-corrected chi connectivity index (χ3v) is 15.0. The summed E-state index contributed by atoms with van der Waals surface area (Å²) in [6.07, 6.45) is 12.0. The number of hydrogen-bond acceptors (Lipinski definition) is 16. The molecule has 360 valence electrons. The van der Waals surface area contributed by atoms with Gasteiger partial charge in [-0.15, -0.1) is 22.7 Å². The molecule has 0 saturated heterocycles. The molecule has 0 radical (unpaired) electrons. The van der Waals surface area contributed by atoms with Crippen molar-refractivity contribution in [3.05, 3.63) is 80.1 Å². The summed E-state index contributed by atoms with van der Waals surface area (Å²) in [5.41, 5.74) is 8.07. The molecule has 16 nitrogen and oxygen atoms in total. The molecule has 4 aromatic heterocycles. The molecule has 4 aliphatic rings. The minimum absolute atomic E-state index is 0.0861. The lowest BCUT2D eigenvalue weighted by atomic mass is 9.87. The fourth-order valence-electron chi connectivity index (χ4n) is 9.38. The number of carbonyl (C=O) groups is 3. The number of aliphatic carboxylic acids is 1. The van der Waals surface area contributed by atoms with Gasteiger partial charge < -0.3 is 34.9 Å². The first-order chi connectivity index (χ1) is 33.3. The minimum atomic E-state index is -0.723. The molecule has 6 heterocycles. The van der Waals surface area contributed by atoms with E-state index in [-0.39, 0.29) is 23.7 Å². The minimum Gasteiger partial charge on any atom is -0.492 e. The van der Waals surface area contributed by atoms with Gasteiger partial charge in [-0.05, 0) is 137 Å². The van der Waals surface area contributed by atoms with Gasteiger partial charge in [0.05, 0.1) is 54.4 Å². The lowest BCUT2D eigenvalue weighted by Crippen LogP contribution is -2.36. The number of amides is 1. The standard InChI is InChI=1S/C30H37N5O4S.C21H20N4O3S/c1-6-38-23-13-20-16-31-15-19(20)12-22(23)34-27-26-21-10-9-18(14-24(21)40-28(26)33-17-32-27)29(37)35(5)11-7-8-25(36)39-30(2,3)4;1-2-28-16-6-13-9-22-8-12(13)5-15(16)25-19-18-14-4-3-11(21(26)27)7-17(14)29-20(18)24-10-23-19/h12-13,15,17-18H,6-11,14,16H2,1-5H3,(H,32,33,34);5-6,8,10-11H,2-4,7,9H2,1H3,(H,26,27)(H,23,24,25). The van der Waals surface area contributed by atoms with Gasteiger partial charge >= 0.3 is 11.9 Å². The Bertz CT molecular complexity index is 3010. The summed E-state index contributed by atoms with van der Waals surface area (Å²) >= 11 is 3.22. The predicted molar refractivity (Wildman–Crippen MR) is 271 cm³/mol. The average Bonchev–Trinajstić information content (AvgIpc) is 4.13. The number of aliphatic imine (C=N–C) groups is 2. The average molecular weight is 972 g/mol. The number of carbonyl (C=O) groups excluding carboxylic acids is 2. The maximum atomic E-state index is 13.3. The molecular formula is C51H57N9O7S2. The van der Waals surface area contributed by atoms with Crippen LogP contribution in [0.2, 0.25) is 0 Å². The molecule has 0 spiro atoms. The summed E-state index contributed by atoms with van der Waals surface area (Å²) in [4.78, 5) is 69.4. The summed E-state index contributed by atoms with van der Waals surface area (Å²) in [6.45, 7) is 12.5. The topological polar surface area (TPSA) is 203 Å². The van der Waals surface area contributed by atoms with Crippen molar-refractivity contribution in [2.75, 3.05) is 37.4 Å². The van der Waals surface area contributed by atoms with Crippen LogP contribution >= 0.6 is 22.7 Å². The summed E-state index contributed by atoms with van der Waals surface area (Å²) in [6, 6.07) is 8.20. The van der Waals surface area contributed by atoms with Gasteiger partial charge in [0.2, 0.25) is 5.91 Å². The zero-order chi connectivity index (χ0) is 48.4. The molecule has 18 heteroatoms. The lowest BCUT2D eigenvalue weighted by molar-refractivity contribution is -0.155. The number of esters is 1. The first-order valence-electron chi connectivity index (χ1n) is 23.6. The molecule has 2 unspecified atom stereocenters. The zero-order valence-corrected chi connectivity index (χ0v) is 41.4. The number of carboxylic acids is 1. The van der Waals surface area contributed by atoms with Gasteiger partial charge in [-0.25, -0.2) is 19.9 Å². The SMILES string of the molecule is CCOc1cc2c(cc1Nc1ncnc3sc4c(c13)CCC(C(=O)N(C)CCCC(=O)OC(C)(C)C)C4)C=NC2.CCOc1cc2c(cc1Nc1ncnc3sc4c(c13)CCC(C(=O)O)C4)C=NC2. The van der Waals surface area contributed by atoms with Crippen LogP contribution in [0.15, 0.2) is 46.9 Å². The second-order valence-corrected chi connectivity index (χ2v) is 20.8. The van der Waals surface area contributed by atoms with E-state index in [4.69, 9.17) is 14.2 Å². The number of benzene rings is 2. The van der Waals surface area contributed by atoms with Crippen LogP contribution in [0.1, 0.15) is 103 Å². The number of ether oxygens (including phenoxy) is 3. The molecule has 2 aromatic carbocycles. The van der Waals surface area contributed by atoms with E-state index < -0.39 is 11.6 Å². The Kier molecular flexibility index (Phi) is 13.9. The summed E-state index contributed by atoms with van der Waals surface area (Å²) in [5, 5.41) is 18.4. The smallest absolute Gasteiger partial charge is 0.306 e. The molecule has 2 atom stereocenters. The van der Waals surface area contributed by atoms with E-state index in [1.165, 1.54) is 16.0 Å². The number of anilines is 4. The first-order valence-corrected chi connectivity index (χ1v) is 25.2. The quantitative estimate of drug-likeness (QED) is 0.0872. The molecule has 1 amide bonds. The number of nitrogens with zero attached hydrogens (tertiary/aromatic N) is 7. The van der Waals surface area contributed by atoms with Crippen molar-refractivity contribution in [1.29, 1.82) is 0 Å². The van der Waals surface area contributed by atoms with Gasteiger partial charge in [0.25, 0.3) is 0 Å². The highest BCUT2D eigenvalue weighted by molar-refractivity contribution is 7.19. The molecule has 3 N–H and O–H groups in total. The number of fused-ring (bicyclic) bond motifs is 8. The van der Waals surface area contributed by atoms with E-state index in [1.54, 1.807) is 40.2 Å². The number of rotatable bonds is 14. The van der Waals surface area contributed by atoms with Gasteiger partial charge in [-0.2, -0.15) is 0 Å². The molecule has 2 aliphatic heterocycles. The van der Waals surface area contributed by atoms with Crippen molar-refractivity contribution < 1.29 is 33.7 Å². The van der Waals surface area contributed by atoms with Gasteiger partial charge in [0.15, 0.2) is 0 Å². The predicted octanol–water partition coefficient (Wildman–Crippen LogP) is 9.41. The Hall–Kier alpha value is -6.53. The Morgan fingerprint density at radius 3 is 1.75 bits per heavy atom. The number of nitrogens with one attached hydrogen (secondary N) is 2. The number of carboxylic acid groups (broad SMARTS) is 1. The second kappa shape index (κ2) is 20.2. The van der Waals surface area contributed by atoms with Gasteiger partial charge in [-0.3, -0.25) is 24.4 Å². The number of aromatic nitrogens is 4. The summed E-state index contributed by atoms with van der Waals surface area (Å²) < 4.78 is 17.2. The molecule has 0 saturated carbocycles. The van der Waals surface area contributed by atoms with Gasteiger partial charge in [-0.1, -0.05) is 0 Å². The first kappa shape index (κ1) is 47.5. The summed E-state index contributed by atoms with van der Waals surface area (Å²) in [5.74, 6) is 1.81. The van der Waals surface area contributed by atoms with Crippen molar-refractivity contribution >= 4 is 96.4 Å². The Labute approximate surface area is 408 Å². The van der Waals surface area contributed by atoms with Crippen molar-refractivity contribution in [2.24, 2.45) is 21.8 Å². The largest absolute Gasteiger partial charge is 0.492 e. The molecule has 69 heavy (non-hydrogen) atoms. The van der Waals surface area contributed by atoms with Crippen molar-refractivity contribution in [1.82, 2.24) is 24.8 Å². The van der Waals surface area contributed by atoms with Crippen LogP contribution in [0, 0.1) is 11.8 Å². The Balaban J connectivity index is 0.000000180. The monoisotopic (exact) mass is 971 g/mol. The third kappa shape index (κ3) is 10.4. The van der Waals surface area contributed by atoms with Crippen LogP contribution in [0.3, 0.4) is 0 Å². The Morgan fingerprint density at radius 2 is 1.26 bits per heavy atom. The molecule has 2 aliphatic carbocycles. The maximum Gasteiger partial charge on any atom is 0.306 e. The van der Waals surface area contributed by atoms with Crippen LogP contribution in [0.4, 0.5) is 23.0 Å². The molecule has 6 aromatic rings. The van der Waals surface area contributed by atoms with Crippen molar-refractivity contribution in [3.63, 3.8) is 0 Å². The fourth-order valence-corrected chi connectivity index (χ4v) is 11.9. The van der Waals surface area contributed by atoms with E-state index in [9.17, 15) is 19.5 Å². The van der Waals surface area contributed by atoms with Crippen LogP contribution in [0.5, 0.6) is 11.5 Å². The second-order valence-electron chi connectivity index (χ2n) is 18.6. The van der Waals surface area contributed by atoms with Crippen LogP contribution in [-0.2, 0) is 57.9 Å². The highest BCUT2D eigenvalue weighted by atomic mass is 32.1. The van der Waals surface area contributed by atoms with E-state index in [1.807, 2.05) is 66.2 Å². The molecular weight excluding hydrogens is 915 g/mol. The van der Waals surface area contributed by atoms with Gasteiger partial charge in [0.1, 0.15) is 51.1 Å². The van der Waals surface area contributed by atoms with E-state index in [0.717, 1.165) is 101 Å². The Morgan fingerprint density at radius 1 is 0.754 bits per heavy atom. The van der Waals surface area contributed by atoms with Crippen LogP contribution in [0.25, 0.3) is 20.4 Å². The highest BCUT2D eigenvalue weighted by Gasteiger charge is 2.32. The highest BCUT2D eigenvalue weighted by Crippen LogP contribution is 2.44. The third-order valence-electron chi connectivity index (χ3n) is 12.6. The number of aryl methyl sites for hydroxylation is 2. The van der Waals surface area contributed by atoms with Crippen LogP contribution < -0.4 is 20.1 Å². The normalized spacial score (nSPS) is 16.5. The van der Waals surface area contributed by atoms with Crippen molar-refractivity contribution in [2.45, 2.75) is 105 Å². The van der Waals surface area contributed by atoms with E-state index in [0.29, 0.717) is 65.0 Å². The molecule has 0 bridgehead atoms. The molecule has 0 fully saturated rings. The zero-order valence-electron chi connectivity index (χ0n) is 39.8. The molecule has 10 rings (SSSR count). The maximum absolute atomic E-state index is 13.3. The fraction of sp³-hybridized carbons (Fsp3) is 0.431. The lowest BCUT2D eigenvalue weighted by Gasteiger charge is -2.27. The van der Waals surface area contributed by atoms with Crippen LogP contribution in [-0.4, -0.2) is 92.6 Å². The number of hydrogen-bond donors (Lipinski definition) is 3. The van der Waals surface area contributed by atoms with Gasteiger partial charge in [0, 0.05) is 48.1 Å². The summed E-state index contributed by atoms with van der Waals surface area (Å²) in [7, 11) is 1.82. The van der Waals surface area contributed by atoms with Crippen molar-refractivity contribution in [3.8, 4) is 11.5 Å².